The second kappa shape index (κ2) is 5.31. The quantitative estimate of drug-likeness (QED) is 0.674. The highest BCUT2D eigenvalue weighted by Gasteiger charge is 2.49. The summed E-state index contributed by atoms with van der Waals surface area (Å²) in [5, 5.41) is 20.8. The van der Waals surface area contributed by atoms with Gasteiger partial charge in [-0.3, -0.25) is 14.4 Å². The molecule has 0 aromatic heterocycles. The Morgan fingerprint density at radius 1 is 1.12 bits per heavy atom. The number of amides is 1. The molecule has 0 radical (unpaired) electrons. The number of primary amides is 1. The zero-order valence-electron chi connectivity index (χ0n) is 13.4. The number of benzene rings is 1. The Kier molecular flexibility index (Phi) is 3.32. The van der Waals surface area contributed by atoms with Gasteiger partial charge >= 0.3 is 0 Å². The summed E-state index contributed by atoms with van der Waals surface area (Å²) in [5.74, 6) is -4.09. The summed E-state index contributed by atoms with van der Waals surface area (Å²) in [6.45, 7) is 0. The standard InChI is InChI=1S/C19H17NO5/c20-19(25)15-12(21)7-10-6-9-5-8-3-1-2-4-11(8)16(22)13(9)17(23)14(10)18(15)24/h1-4,9-10,14,21,23H,5-7H2,(H2,20,25). The maximum Gasteiger partial charge on any atom is 0.255 e. The molecule has 0 heterocycles. The van der Waals surface area contributed by atoms with Crippen molar-refractivity contribution in [2.45, 2.75) is 19.3 Å². The molecule has 1 aromatic rings. The van der Waals surface area contributed by atoms with Gasteiger partial charge in [0.1, 0.15) is 17.1 Å². The Morgan fingerprint density at radius 3 is 2.56 bits per heavy atom. The molecule has 1 amide bonds. The van der Waals surface area contributed by atoms with Crippen molar-refractivity contribution in [1.29, 1.82) is 0 Å². The molecule has 3 aliphatic rings. The molecule has 3 unspecified atom stereocenters. The van der Waals surface area contributed by atoms with Crippen LogP contribution < -0.4 is 5.73 Å². The average Bonchev–Trinajstić information content (AvgIpc) is 2.53. The lowest BCUT2D eigenvalue weighted by Crippen LogP contribution is -2.43. The first-order valence-corrected chi connectivity index (χ1v) is 8.22. The van der Waals surface area contributed by atoms with E-state index in [0.29, 0.717) is 18.4 Å². The fraction of sp³-hybridized carbons (Fsp3) is 0.316. The third-order valence-electron chi connectivity index (χ3n) is 5.53. The molecule has 6 heteroatoms. The molecule has 0 saturated heterocycles. The third-order valence-corrected chi connectivity index (χ3v) is 5.53. The molecule has 1 aromatic carbocycles. The maximum absolute atomic E-state index is 12.8. The lowest BCUT2D eigenvalue weighted by atomic mass is 9.62. The van der Waals surface area contributed by atoms with Gasteiger partial charge in [0.05, 0.1) is 5.92 Å². The number of Topliss-reactive ketones (excluding diaryl/α,β-unsaturated/α-hetero) is 2. The number of carbonyl (C=O) groups excluding carboxylic acids is 3. The van der Waals surface area contributed by atoms with Gasteiger partial charge < -0.3 is 15.9 Å². The van der Waals surface area contributed by atoms with E-state index in [4.69, 9.17) is 5.73 Å². The lowest BCUT2D eigenvalue weighted by molar-refractivity contribution is -0.126. The summed E-state index contributed by atoms with van der Waals surface area (Å²) in [6.07, 6.45) is 1.19. The van der Waals surface area contributed by atoms with Crippen LogP contribution >= 0.6 is 0 Å². The molecule has 25 heavy (non-hydrogen) atoms. The topological polar surface area (TPSA) is 118 Å². The van der Waals surface area contributed by atoms with Crippen molar-refractivity contribution in [2.75, 3.05) is 0 Å². The maximum atomic E-state index is 12.8. The molecule has 3 atom stereocenters. The zero-order chi connectivity index (χ0) is 17.9. The predicted molar refractivity (Wildman–Crippen MR) is 87.7 cm³/mol. The van der Waals surface area contributed by atoms with Gasteiger partial charge in [0, 0.05) is 17.6 Å². The van der Waals surface area contributed by atoms with Crippen LogP contribution in [0, 0.1) is 17.8 Å². The molecule has 0 bridgehead atoms. The highest BCUT2D eigenvalue weighted by molar-refractivity contribution is 6.21. The number of nitrogens with two attached hydrogens (primary N) is 1. The van der Waals surface area contributed by atoms with Crippen LogP contribution in [0.3, 0.4) is 0 Å². The minimum Gasteiger partial charge on any atom is -0.511 e. The third kappa shape index (κ3) is 2.13. The van der Waals surface area contributed by atoms with Crippen molar-refractivity contribution in [3.05, 3.63) is 58.1 Å². The van der Waals surface area contributed by atoms with Crippen LogP contribution in [-0.4, -0.2) is 27.7 Å². The SMILES string of the molecule is NC(=O)C1=C(O)CC2CC3Cc4ccccc4C(=O)C3=C(O)C2C1=O. The molecule has 0 aliphatic heterocycles. The zero-order valence-corrected chi connectivity index (χ0v) is 13.4. The average molecular weight is 339 g/mol. The summed E-state index contributed by atoms with van der Waals surface area (Å²) < 4.78 is 0. The summed E-state index contributed by atoms with van der Waals surface area (Å²) >= 11 is 0. The molecular formula is C19H17NO5. The van der Waals surface area contributed by atoms with Gasteiger partial charge in [0.15, 0.2) is 11.6 Å². The number of aliphatic hydroxyl groups excluding tert-OH is 2. The fourth-order valence-corrected chi connectivity index (χ4v) is 4.49. The second-order valence-corrected chi connectivity index (χ2v) is 6.91. The van der Waals surface area contributed by atoms with Crippen LogP contribution in [0.4, 0.5) is 0 Å². The van der Waals surface area contributed by atoms with E-state index < -0.39 is 23.2 Å². The molecule has 0 spiro atoms. The predicted octanol–water partition coefficient (Wildman–Crippen LogP) is 1.76. The van der Waals surface area contributed by atoms with Crippen molar-refractivity contribution >= 4 is 17.5 Å². The second-order valence-electron chi connectivity index (χ2n) is 6.91. The van der Waals surface area contributed by atoms with Gasteiger partial charge in [-0.05, 0) is 30.2 Å². The molecule has 0 saturated carbocycles. The van der Waals surface area contributed by atoms with E-state index >= 15 is 0 Å². The number of ketones is 2. The van der Waals surface area contributed by atoms with Crippen molar-refractivity contribution < 1.29 is 24.6 Å². The first kappa shape index (κ1) is 15.6. The van der Waals surface area contributed by atoms with E-state index in [1.807, 2.05) is 12.1 Å². The number of fused-ring (bicyclic) bond motifs is 3. The summed E-state index contributed by atoms with van der Waals surface area (Å²) in [6, 6.07) is 7.23. The van der Waals surface area contributed by atoms with Crippen LogP contribution in [-0.2, 0) is 16.0 Å². The Bertz CT molecular complexity index is 895. The van der Waals surface area contributed by atoms with E-state index in [9.17, 15) is 24.6 Å². The van der Waals surface area contributed by atoms with Crippen molar-refractivity contribution in [3.8, 4) is 0 Å². The first-order valence-electron chi connectivity index (χ1n) is 8.22. The van der Waals surface area contributed by atoms with Crippen molar-refractivity contribution in [3.63, 3.8) is 0 Å². The Balaban J connectivity index is 1.83. The monoisotopic (exact) mass is 339 g/mol. The smallest absolute Gasteiger partial charge is 0.255 e. The van der Waals surface area contributed by atoms with Gasteiger partial charge in [0.2, 0.25) is 0 Å². The van der Waals surface area contributed by atoms with Gasteiger partial charge in [-0.25, -0.2) is 0 Å². The number of hydrogen-bond donors (Lipinski definition) is 3. The van der Waals surface area contributed by atoms with E-state index in [1.54, 1.807) is 12.1 Å². The van der Waals surface area contributed by atoms with Crippen molar-refractivity contribution in [1.82, 2.24) is 0 Å². The summed E-state index contributed by atoms with van der Waals surface area (Å²) in [7, 11) is 0. The number of aliphatic hydroxyl groups is 2. The van der Waals surface area contributed by atoms with Crippen LogP contribution in [0.15, 0.2) is 46.9 Å². The number of rotatable bonds is 1. The Hall–Kier alpha value is -2.89. The molecule has 3 aliphatic carbocycles. The van der Waals surface area contributed by atoms with E-state index in [-0.39, 0.29) is 41.1 Å². The van der Waals surface area contributed by atoms with E-state index in [1.165, 1.54) is 0 Å². The first-order chi connectivity index (χ1) is 11.9. The minimum absolute atomic E-state index is 0.0956. The van der Waals surface area contributed by atoms with E-state index in [2.05, 4.69) is 0 Å². The highest BCUT2D eigenvalue weighted by atomic mass is 16.3. The van der Waals surface area contributed by atoms with Crippen LogP contribution in [0.25, 0.3) is 0 Å². The Morgan fingerprint density at radius 2 is 1.84 bits per heavy atom. The van der Waals surface area contributed by atoms with E-state index in [0.717, 1.165) is 5.56 Å². The lowest BCUT2D eigenvalue weighted by Gasteiger charge is -2.40. The molecule has 4 rings (SSSR count). The molecule has 0 fully saturated rings. The largest absolute Gasteiger partial charge is 0.511 e. The molecule has 128 valence electrons. The summed E-state index contributed by atoms with van der Waals surface area (Å²) in [5.41, 5.74) is 6.46. The van der Waals surface area contributed by atoms with Crippen molar-refractivity contribution in [2.24, 2.45) is 23.5 Å². The minimum atomic E-state index is -1.01. The van der Waals surface area contributed by atoms with Gasteiger partial charge in [-0.1, -0.05) is 24.3 Å². The van der Waals surface area contributed by atoms with Crippen LogP contribution in [0.5, 0.6) is 0 Å². The van der Waals surface area contributed by atoms with Gasteiger partial charge in [0.25, 0.3) is 5.91 Å². The molecule has 6 nitrogen and oxygen atoms in total. The molecular weight excluding hydrogens is 322 g/mol. The Labute approximate surface area is 143 Å². The molecule has 4 N–H and O–H groups in total. The number of allylic oxidation sites excluding steroid dienone is 3. The normalized spacial score (nSPS) is 28.4. The van der Waals surface area contributed by atoms with Crippen LogP contribution in [0.1, 0.15) is 28.8 Å². The van der Waals surface area contributed by atoms with Gasteiger partial charge in [-0.15, -0.1) is 0 Å². The fourth-order valence-electron chi connectivity index (χ4n) is 4.49. The number of carbonyl (C=O) groups is 3. The number of hydrogen-bond acceptors (Lipinski definition) is 5. The highest BCUT2D eigenvalue weighted by Crippen LogP contribution is 2.48. The van der Waals surface area contributed by atoms with Crippen LogP contribution in [0.2, 0.25) is 0 Å². The summed E-state index contributed by atoms with van der Waals surface area (Å²) in [4.78, 5) is 37.0. The van der Waals surface area contributed by atoms with Gasteiger partial charge in [-0.2, -0.15) is 0 Å².